The van der Waals surface area contributed by atoms with E-state index in [0.717, 1.165) is 48.3 Å². The number of hydrogen-bond acceptors (Lipinski definition) is 3. The third kappa shape index (κ3) is 6.79. The van der Waals surface area contributed by atoms with Crippen LogP contribution in [0.1, 0.15) is 50.7 Å². The molecule has 0 saturated heterocycles. The largest absolute Gasteiger partial charge is 0.496 e. The monoisotopic (exact) mass is 394 g/mol. The van der Waals surface area contributed by atoms with Crippen molar-refractivity contribution in [1.82, 2.24) is 0 Å². The van der Waals surface area contributed by atoms with Gasteiger partial charge in [0.1, 0.15) is 11.5 Å². The maximum absolute atomic E-state index is 5.94. The Morgan fingerprint density at radius 3 is 1.48 bits per heavy atom. The van der Waals surface area contributed by atoms with Gasteiger partial charge in [-0.2, -0.15) is 0 Å². The van der Waals surface area contributed by atoms with Crippen LogP contribution in [-0.2, 0) is 4.74 Å². The minimum atomic E-state index is 0.579. The fourth-order valence-electron chi connectivity index (χ4n) is 3.44. The van der Waals surface area contributed by atoms with E-state index in [1.165, 1.54) is 11.1 Å². The van der Waals surface area contributed by atoms with Crippen LogP contribution < -0.4 is 9.47 Å². The number of allylic oxidation sites excluding steroid dienone is 2. The predicted octanol–water partition coefficient (Wildman–Crippen LogP) is 6.79. The van der Waals surface area contributed by atoms with E-state index in [1.54, 1.807) is 14.2 Å². The Kier molecular flexibility index (Phi) is 10.1. The Labute approximate surface area is 176 Å². The molecule has 0 radical (unpaired) electrons. The van der Waals surface area contributed by atoms with Gasteiger partial charge in [-0.15, -0.1) is 0 Å². The van der Waals surface area contributed by atoms with E-state index in [4.69, 9.17) is 14.2 Å². The number of methoxy groups -OCH3 is 2. The predicted molar refractivity (Wildman–Crippen MR) is 123 cm³/mol. The zero-order valence-corrected chi connectivity index (χ0v) is 18.2. The van der Waals surface area contributed by atoms with Crippen molar-refractivity contribution in [3.63, 3.8) is 0 Å². The summed E-state index contributed by atoms with van der Waals surface area (Å²) < 4.78 is 17.0. The second-order valence-corrected chi connectivity index (χ2v) is 6.90. The Morgan fingerprint density at radius 2 is 1.10 bits per heavy atom. The first kappa shape index (κ1) is 22.8. The van der Waals surface area contributed by atoms with E-state index in [-0.39, 0.29) is 0 Å². The van der Waals surface area contributed by atoms with Crippen molar-refractivity contribution in [1.29, 1.82) is 0 Å². The van der Waals surface area contributed by atoms with Crippen LogP contribution in [0, 0.1) is 0 Å². The van der Waals surface area contributed by atoms with Gasteiger partial charge in [0, 0.05) is 11.1 Å². The lowest BCUT2D eigenvalue weighted by atomic mass is 10.00. The third-order valence-corrected chi connectivity index (χ3v) is 4.84. The SMILES string of the molecule is CCCC(=CCOCC=C(CCC)c1ccccc1OC)c1ccccc1OC. The van der Waals surface area contributed by atoms with Crippen LogP contribution >= 0.6 is 0 Å². The van der Waals surface area contributed by atoms with E-state index < -0.39 is 0 Å². The Bertz CT molecular complexity index is 738. The molecule has 0 saturated carbocycles. The average molecular weight is 395 g/mol. The van der Waals surface area contributed by atoms with Crippen LogP contribution in [0.25, 0.3) is 11.1 Å². The summed E-state index contributed by atoms with van der Waals surface area (Å²) in [5.74, 6) is 1.82. The van der Waals surface area contributed by atoms with Crippen LogP contribution in [-0.4, -0.2) is 27.4 Å². The van der Waals surface area contributed by atoms with Gasteiger partial charge >= 0.3 is 0 Å². The normalized spacial score (nSPS) is 12.1. The molecule has 3 heteroatoms. The van der Waals surface area contributed by atoms with E-state index in [1.807, 2.05) is 24.3 Å². The van der Waals surface area contributed by atoms with Gasteiger partial charge in [0.25, 0.3) is 0 Å². The molecule has 0 aliphatic rings. The summed E-state index contributed by atoms with van der Waals surface area (Å²) in [5.41, 5.74) is 4.84. The van der Waals surface area contributed by atoms with Gasteiger partial charge < -0.3 is 14.2 Å². The van der Waals surface area contributed by atoms with Crippen molar-refractivity contribution in [2.45, 2.75) is 39.5 Å². The number of rotatable bonds is 12. The third-order valence-electron chi connectivity index (χ3n) is 4.84. The molecule has 2 aromatic rings. The first-order chi connectivity index (χ1) is 14.2. The molecule has 0 bridgehead atoms. The molecule has 0 aromatic heterocycles. The highest BCUT2D eigenvalue weighted by atomic mass is 16.5. The van der Waals surface area contributed by atoms with Gasteiger partial charge in [-0.25, -0.2) is 0 Å². The second kappa shape index (κ2) is 12.8. The molecular formula is C26H34O3. The van der Waals surface area contributed by atoms with Crippen LogP contribution in [0.2, 0.25) is 0 Å². The molecule has 156 valence electrons. The molecule has 3 nitrogen and oxygen atoms in total. The van der Waals surface area contributed by atoms with Crippen LogP contribution in [0.5, 0.6) is 11.5 Å². The molecule has 2 rings (SSSR count). The van der Waals surface area contributed by atoms with E-state index in [9.17, 15) is 0 Å². The fraction of sp³-hybridized carbons (Fsp3) is 0.385. The summed E-state index contributed by atoms with van der Waals surface area (Å²) in [6.07, 6.45) is 8.52. The van der Waals surface area contributed by atoms with Gasteiger partial charge in [-0.1, -0.05) is 75.2 Å². The molecule has 2 aromatic carbocycles. The number of para-hydroxylation sites is 2. The maximum atomic E-state index is 5.94. The minimum absolute atomic E-state index is 0.579. The molecule has 0 aliphatic heterocycles. The summed E-state index contributed by atoms with van der Waals surface area (Å²) in [7, 11) is 3.44. The van der Waals surface area contributed by atoms with Crippen molar-refractivity contribution in [2.24, 2.45) is 0 Å². The highest BCUT2D eigenvalue weighted by molar-refractivity contribution is 5.71. The zero-order chi connectivity index (χ0) is 20.9. The quantitative estimate of drug-likeness (QED) is 0.371. The molecule has 29 heavy (non-hydrogen) atoms. The van der Waals surface area contributed by atoms with Crippen LogP contribution in [0.4, 0.5) is 0 Å². The van der Waals surface area contributed by atoms with E-state index in [0.29, 0.717) is 13.2 Å². The van der Waals surface area contributed by atoms with Crippen molar-refractivity contribution in [2.75, 3.05) is 27.4 Å². The summed E-state index contributed by atoms with van der Waals surface area (Å²) in [6, 6.07) is 16.3. The maximum Gasteiger partial charge on any atom is 0.126 e. The van der Waals surface area contributed by atoms with E-state index in [2.05, 4.69) is 50.3 Å². The lowest BCUT2D eigenvalue weighted by Gasteiger charge is -2.13. The molecule has 0 unspecified atom stereocenters. The van der Waals surface area contributed by atoms with Crippen LogP contribution in [0.15, 0.2) is 60.7 Å². The molecular weight excluding hydrogens is 360 g/mol. The number of ether oxygens (including phenoxy) is 3. The average Bonchev–Trinajstić information content (AvgIpc) is 2.77. The summed E-state index contributed by atoms with van der Waals surface area (Å²) in [5, 5.41) is 0. The topological polar surface area (TPSA) is 27.7 Å². The van der Waals surface area contributed by atoms with Crippen molar-refractivity contribution in [3.05, 3.63) is 71.8 Å². The van der Waals surface area contributed by atoms with Crippen molar-refractivity contribution in [3.8, 4) is 11.5 Å². The molecule has 0 heterocycles. The van der Waals surface area contributed by atoms with Gasteiger partial charge in [0.15, 0.2) is 0 Å². The number of benzene rings is 2. The second-order valence-electron chi connectivity index (χ2n) is 6.90. The molecule has 0 fully saturated rings. The van der Waals surface area contributed by atoms with Gasteiger partial charge in [-0.05, 0) is 36.1 Å². The Hall–Kier alpha value is -2.52. The standard InChI is InChI=1S/C26H34O3/c1-5-11-21(23-13-7-9-15-25(23)27-3)17-19-29-20-18-22(12-6-2)24-14-8-10-16-26(24)28-4/h7-10,13-18H,5-6,11-12,19-20H2,1-4H3. The van der Waals surface area contributed by atoms with Crippen LogP contribution in [0.3, 0.4) is 0 Å². The summed E-state index contributed by atoms with van der Waals surface area (Å²) in [6.45, 7) is 5.54. The Morgan fingerprint density at radius 1 is 0.690 bits per heavy atom. The molecule has 0 spiro atoms. The van der Waals surface area contributed by atoms with E-state index >= 15 is 0 Å². The van der Waals surface area contributed by atoms with Gasteiger partial charge in [0.2, 0.25) is 0 Å². The highest BCUT2D eigenvalue weighted by Gasteiger charge is 2.08. The number of hydrogen-bond donors (Lipinski definition) is 0. The fourth-order valence-corrected chi connectivity index (χ4v) is 3.44. The van der Waals surface area contributed by atoms with Gasteiger partial charge in [0.05, 0.1) is 27.4 Å². The smallest absolute Gasteiger partial charge is 0.126 e. The summed E-state index contributed by atoms with van der Waals surface area (Å²) in [4.78, 5) is 0. The van der Waals surface area contributed by atoms with Crippen molar-refractivity contribution < 1.29 is 14.2 Å². The van der Waals surface area contributed by atoms with Crippen molar-refractivity contribution >= 4 is 11.1 Å². The molecule has 0 amide bonds. The minimum Gasteiger partial charge on any atom is -0.496 e. The molecule has 0 N–H and O–H groups in total. The molecule has 0 atom stereocenters. The zero-order valence-electron chi connectivity index (χ0n) is 18.2. The Balaban J connectivity index is 2.07. The first-order valence-electron chi connectivity index (χ1n) is 10.5. The lowest BCUT2D eigenvalue weighted by Crippen LogP contribution is -1.97. The summed E-state index contributed by atoms with van der Waals surface area (Å²) >= 11 is 0. The van der Waals surface area contributed by atoms with Gasteiger partial charge in [-0.3, -0.25) is 0 Å². The molecule has 0 aliphatic carbocycles. The highest BCUT2D eigenvalue weighted by Crippen LogP contribution is 2.30. The first-order valence-corrected chi connectivity index (χ1v) is 10.5. The lowest BCUT2D eigenvalue weighted by molar-refractivity contribution is 0.194.